The summed E-state index contributed by atoms with van der Waals surface area (Å²) < 4.78 is 0. The van der Waals surface area contributed by atoms with E-state index in [0.29, 0.717) is 12.0 Å². The molecule has 0 aromatic rings. The van der Waals surface area contributed by atoms with Gasteiger partial charge in [0.1, 0.15) is 0 Å². The van der Waals surface area contributed by atoms with Crippen LogP contribution in [0.2, 0.25) is 0 Å². The first-order valence-corrected chi connectivity index (χ1v) is 5.71. The van der Waals surface area contributed by atoms with Crippen LogP contribution >= 0.6 is 0 Å². The van der Waals surface area contributed by atoms with Gasteiger partial charge in [-0.1, -0.05) is 20.3 Å². The van der Waals surface area contributed by atoms with E-state index >= 15 is 0 Å². The topological polar surface area (TPSA) is 12.4 Å². The van der Waals surface area contributed by atoms with Crippen molar-refractivity contribution in [2.75, 3.05) is 0 Å². The van der Waals surface area contributed by atoms with Gasteiger partial charge in [-0.15, -0.1) is 0 Å². The summed E-state index contributed by atoms with van der Waals surface area (Å²) in [6, 6.07) is 0.696. The van der Waals surface area contributed by atoms with Crippen LogP contribution in [0.15, 0.2) is 4.99 Å². The maximum absolute atomic E-state index is 4.87. The molecule has 13 heavy (non-hydrogen) atoms. The second-order valence-corrected chi connectivity index (χ2v) is 5.17. The lowest BCUT2D eigenvalue weighted by atomic mass is 9.95. The monoisotopic (exact) mass is 179 g/mol. The summed E-state index contributed by atoms with van der Waals surface area (Å²) in [6.45, 7) is 6.68. The summed E-state index contributed by atoms with van der Waals surface area (Å²) in [4.78, 5) is 4.87. The van der Waals surface area contributed by atoms with Crippen molar-refractivity contribution in [3.63, 3.8) is 0 Å². The Kier molecular flexibility index (Phi) is 2.44. The van der Waals surface area contributed by atoms with Crippen molar-refractivity contribution < 1.29 is 0 Å². The largest absolute Gasteiger partial charge is 0.291 e. The Labute approximate surface area is 81.6 Å². The van der Waals surface area contributed by atoms with E-state index in [2.05, 4.69) is 20.8 Å². The minimum Gasteiger partial charge on any atom is -0.291 e. The molecule has 2 fully saturated rings. The van der Waals surface area contributed by atoms with E-state index in [-0.39, 0.29) is 0 Å². The Morgan fingerprint density at radius 2 is 2.00 bits per heavy atom. The van der Waals surface area contributed by atoms with E-state index in [1.165, 1.54) is 31.4 Å². The maximum atomic E-state index is 4.87. The van der Waals surface area contributed by atoms with Gasteiger partial charge < -0.3 is 0 Å². The van der Waals surface area contributed by atoms with Gasteiger partial charge in [-0.3, -0.25) is 4.99 Å². The number of rotatable bonds is 2. The average molecular weight is 179 g/mol. The molecule has 0 heterocycles. The summed E-state index contributed by atoms with van der Waals surface area (Å²) in [7, 11) is 0. The molecule has 1 heteroatoms. The van der Waals surface area contributed by atoms with Crippen LogP contribution in [-0.2, 0) is 0 Å². The number of nitrogens with zero attached hydrogens (tertiary/aromatic N) is 1. The van der Waals surface area contributed by atoms with Crippen LogP contribution in [0, 0.1) is 17.8 Å². The zero-order valence-electron chi connectivity index (χ0n) is 9.09. The lowest BCUT2D eigenvalue weighted by molar-refractivity contribution is 0.419. The van der Waals surface area contributed by atoms with Crippen LogP contribution in [-0.4, -0.2) is 11.8 Å². The molecule has 2 aliphatic rings. The Morgan fingerprint density at radius 3 is 2.46 bits per heavy atom. The number of fused-ring (bicyclic) bond motifs is 2. The molecule has 0 amide bonds. The van der Waals surface area contributed by atoms with Crippen LogP contribution in [0.25, 0.3) is 0 Å². The molecule has 0 spiro atoms. The minimum atomic E-state index is 0.638. The fraction of sp³-hybridized carbons (Fsp3) is 0.917. The summed E-state index contributed by atoms with van der Waals surface area (Å²) in [5, 5.41) is 0. The van der Waals surface area contributed by atoms with Crippen molar-refractivity contribution in [1.29, 1.82) is 0 Å². The predicted molar refractivity (Wildman–Crippen MR) is 57.2 cm³/mol. The van der Waals surface area contributed by atoms with Crippen molar-refractivity contribution in [3.05, 3.63) is 0 Å². The Balaban J connectivity index is 1.99. The lowest BCUT2D eigenvalue weighted by Crippen LogP contribution is -2.17. The molecule has 0 N–H and O–H groups in total. The highest BCUT2D eigenvalue weighted by atomic mass is 14.8. The fourth-order valence-electron chi connectivity index (χ4n) is 2.78. The van der Waals surface area contributed by atoms with Gasteiger partial charge in [0, 0.05) is 5.71 Å². The molecule has 3 atom stereocenters. The molecule has 0 saturated heterocycles. The van der Waals surface area contributed by atoms with Gasteiger partial charge in [0.25, 0.3) is 0 Å². The molecule has 2 bridgehead atoms. The highest BCUT2D eigenvalue weighted by Crippen LogP contribution is 2.46. The van der Waals surface area contributed by atoms with Crippen molar-refractivity contribution in [1.82, 2.24) is 0 Å². The Hall–Kier alpha value is -0.330. The second-order valence-electron chi connectivity index (χ2n) is 5.17. The standard InChI is InChI=1S/C12H21N/c1-8(2)9(3)13-12-7-10-4-5-11(12)6-10/h8,10-12H,4-7H2,1-3H3. The molecule has 2 aliphatic carbocycles. The first-order valence-electron chi connectivity index (χ1n) is 5.71. The van der Waals surface area contributed by atoms with Gasteiger partial charge in [-0.05, 0) is 43.9 Å². The van der Waals surface area contributed by atoms with Crippen LogP contribution < -0.4 is 0 Å². The first-order chi connectivity index (χ1) is 6.16. The van der Waals surface area contributed by atoms with Crippen molar-refractivity contribution in [3.8, 4) is 0 Å². The fourth-order valence-corrected chi connectivity index (χ4v) is 2.78. The number of hydrogen-bond donors (Lipinski definition) is 0. The Bertz CT molecular complexity index is 217. The van der Waals surface area contributed by atoms with Crippen LogP contribution in [0.5, 0.6) is 0 Å². The molecule has 3 unspecified atom stereocenters. The molecular weight excluding hydrogens is 158 g/mol. The van der Waals surface area contributed by atoms with Crippen LogP contribution in [0.4, 0.5) is 0 Å². The SMILES string of the molecule is CC(=NC1CC2CCC1C2)C(C)C. The van der Waals surface area contributed by atoms with Gasteiger partial charge in [0.15, 0.2) is 0 Å². The van der Waals surface area contributed by atoms with E-state index in [1.807, 2.05) is 0 Å². The maximum Gasteiger partial charge on any atom is 0.0529 e. The summed E-state index contributed by atoms with van der Waals surface area (Å²) in [5.74, 6) is 2.61. The van der Waals surface area contributed by atoms with Crippen molar-refractivity contribution >= 4 is 5.71 Å². The van der Waals surface area contributed by atoms with E-state index in [9.17, 15) is 0 Å². The molecule has 0 aromatic carbocycles. The summed E-state index contributed by atoms with van der Waals surface area (Å²) >= 11 is 0. The van der Waals surface area contributed by atoms with Gasteiger partial charge in [0.05, 0.1) is 6.04 Å². The zero-order valence-corrected chi connectivity index (χ0v) is 9.09. The molecule has 1 nitrogen and oxygen atoms in total. The van der Waals surface area contributed by atoms with E-state index < -0.39 is 0 Å². The van der Waals surface area contributed by atoms with Gasteiger partial charge in [0.2, 0.25) is 0 Å². The molecule has 0 aliphatic heterocycles. The van der Waals surface area contributed by atoms with Crippen LogP contribution in [0.1, 0.15) is 46.5 Å². The molecule has 0 aromatic heterocycles. The third-order valence-electron chi connectivity index (χ3n) is 3.91. The number of hydrogen-bond acceptors (Lipinski definition) is 1. The molecule has 2 saturated carbocycles. The van der Waals surface area contributed by atoms with Gasteiger partial charge in [-0.2, -0.15) is 0 Å². The third kappa shape index (κ3) is 1.79. The van der Waals surface area contributed by atoms with E-state index in [0.717, 1.165) is 11.8 Å². The minimum absolute atomic E-state index is 0.638. The quantitative estimate of drug-likeness (QED) is 0.577. The van der Waals surface area contributed by atoms with Gasteiger partial charge in [-0.25, -0.2) is 0 Å². The summed E-state index contributed by atoms with van der Waals surface area (Å²) in [6.07, 6.45) is 5.79. The zero-order chi connectivity index (χ0) is 9.42. The van der Waals surface area contributed by atoms with Crippen molar-refractivity contribution in [2.24, 2.45) is 22.7 Å². The third-order valence-corrected chi connectivity index (χ3v) is 3.91. The predicted octanol–water partition coefficient (Wildman–Crippen LogP) is 3.29. The summed E-state index contributed by atoms with van der Waals surface area (Å²) in [5.41, 5.74) is 1.36. The molecular formula is C12H21N. The van der Waals surface area contributed by atoms with Crippen molar-refractivity contribution in [2.45, 2.75) is 52.5 Å². The first kappa shape index (κ1) is 9.23. The highest BCUT2D eigenvalue weighted by Gasteiger charge is 2.39. The van der Waals surface area contributed by atoms with E-state index in [4.69, 9.17) is 4.99 Å². The smallest absolute Gasteiger partial charge is 0.0529 e. The van der Waals surface area contributed by atoms with Gasteiger partial charge >= 0.3 is 0 Å². The average Bonchev–Trinajstić information content (AvgIpc) is 2.64. The molecule has 74 valence electrons. The Morgan fingerprint density at radius 1 is 1.23 bits per heavy atom. The number of aliphatic imine (C=N–C) groups is 1. The van der Waals surface area contributed by atoms with E-state index in [1.54, 1.807) is 0 Å². The lowest BCUT2D eigenvalue weighted by Gasteiger charge is -2.19. The molecule has 0 radical (unpaired) electrons. The normalized spacial score (nSPS) is 39.1. The van der Waals surface area contributed by atoms with Crippen LogP contribution in [0.3, 0.4) is 0 Å². The highest BCUT2D eigenvalue weighted by molar-refractivity contribution is 5.83. The second kappa shape index (κ2) is 3.43. The molecule has 2 rings (SSSR count).